The van der Waals surface area contributed by atoms with Crippen molar-refractivity contribution in [1.29, 1.82) is 0 Å². The highest BCUT2D eigenvalue weighted by atomic mass is 19.1. The van der Waals surface area contributed by atoms with Gasteiger partial charge in [0, 0.05) is 43.5 Å². The number of aryl methyl sites for hydroxylation is 2. The van der Waals surface area contributed by atoms with E-state index in [9.17, 15) is 4.79 Å². The number of carbonyl (C=O) groups is 1. The summed E-state index contributed by atoms with van der Waals surface area (Å²) in [5.41, 5.74) is 3.68. The van der Waals surface area contributed by atoms with Crippen LogP contribution in [0.3, 0.4) is 0 Å². The summed E-state index contributed by atoms with van der Waals surface area (Å²) in [5, 5.41) is 7.45. The van der Waals surface area contributed by atoms with Crippen LogP contribution in [0.4, 0.5) is 10.1 Å². The molecule has 0 spiro atoms. The van der Waals surface area contributed by atoms with Gasteiger partial charge in [-0.1, -0.05) is 31.5 Å². The van der Waals surface area contributed by atoms with E-state index in [1.807, 2.05) is 19.9 Å². The van der Waals surface area contributed by atoms with Crippen LogP contribution in [0.2, 0.25) is 0 Å². The van der Waals surface area contributed by atoms with Crippen LogP contribution in [-0.2, 0) is 12.1 Å². The first kappa shape index (κ1) is 23.4. The lowest BCUT2D eigenvalue weighted by molar-refractivity contribution is 0.0421. The Hall–Kier alpha value is -3.35. The van der Waals surface area contributed by atoms with Crippen molar-refractivity contribution in [3.05, 3.63) is 64.5 Å². The Bertz CT molecular complexity index is 1240. The van der Waals surface area contributed by atoms with Crippen LogP contribution in [-0.4, -0.2) is 45.8 Å². The summed E-state index contributed by atoms with van der Waals surface area (Å²) in [6.07, 6.45) is 4.84. The maximum absolute atomic E-state index is 15.8. The smallest absolute Gasteiger partial charge is 0.254 e. The van der Waals surface area contributed by atoms with Crippen molar-refractivity contribution in [2.45, 2.75) is 64.0 Å². The van der Waals surface area contributed by atoms with Gasteiger partial charge < -0.3 is 4.90 Å². The first-order chi connectivity index (χ1) is 16.9. The quantitative estimate of drug-likeness (QED) is 0.443. The molecule has 1 amide bonds. The molecule has 0 atom stereocenters. The highest BCUT2D eigenvalue weighted by Gasteiger charge is 2.38. The summed E-state index contributed by atoms with van der Waals surface area (Å²) in [6.45, 7) is 8.28. The van der Waals surface area contributed by atoms with Crippen molar-refractivity contribution >= 4 is 18.3 Å². The molecule has 1 N–H and O–H groups in total. The maximum Gasteiger partial charge on any atom is 0.254 e. The van der Waals surface area contributed by atoms with E-state index < -0.39 is 5.67 Å². The topological polar surface area (TPSA) is 74.2 Å². The fraction of sp³-hybridized carbons (Fsp3) is 0.429. The zero-order valence-corrected chi connectivity index (χ0v) is 20.5. The Morgan fingerprint density at radius 1 is 1.23 bits per heavy atom. The van der Waals surface area contributed by atoms with Gasteiger partial charge in [0.1, 0.15) is 11.5 Å². The molecule has 5 rings (SSSR count). The molecule has 0 radical (unpaired) electrons. The van der Waals surface area contributed by atoms with Crippen LogP contribution in [0.25, 0.3) is 11.4 Å². The molecule has 2 heterocycles. The average molecular weight is 474 g/mol. The molecule has 1 saturated carbocycles. The Kier molecular flexibility index (Phi) is 6.26. The Balaban J connectivity index is 1.39. The van der Waals surface area contributed by atoms with Gasteiger partial charge in [-0.15, -0.1) is 0 Å². The Labute approximate surface area is 205 Å². The number of nitrogens with zero attached hydrogens (tertiary/aromatic N) is 4. The van der Waals surface area contributed by atoms with Crippen molar-refractivity contribution in [2.24, 2.45) is 4.99 Å². The fourth-order valence-electron chi connectivity index (χ4n) is 5.17. The summed E-state index contributed by atoms with van der Waals surface area (Å²) in [5.74, 6) is 1.92. The Morgan fingerprint density at radius 3 is 2.51 bits per heavy atom. The number of aromatic nitrogens is 3. The predicted molar refractivity (Wildman–Crippen MR) is 136 cm³/mol. The Morgan fingerprint density at radius 2 is 1.94 bits per heavy atom. The number of H-pyrrole nitrogens is 1. The molecule has 3 aromatic rings. The van der Waals surface area contributed by atoms with E-state index in [2.05, 4.69) is 33.0 Å². The first-order valence-corrected chi connectivity index (χ1v) is 12.5. The van der Waals surface area contributed by atoms with E-state index in [1.165, 1.54) is 12.0 Å². The zero-order chi connectivity index (χ0) is 24.6. The molecule has 1 aromatic heterocycles. The lowest BCUT2D eigenvalue weighted by Gasteiger charge is -2.37. The molecule has 7 heteroatoms. The van der Waals surface area contributed by atoms with Crippen LogP contribution in [0.5, 0.6) is 0 Å². The van der Waals surface area contributed by atoms with Crippen molar-refractivity contribution in [3.63, 3.8) is 0 Å². The number of amides is 1. The highest BCUT2D eigenvalue weighted by Crippen LogP contribution is 2.42. The molecule has 2 fully saturated rings. The summed E-state index contributed by atoms with van der Waals surface area (Å²) in [6, 6.07) is 11.2. The van der Waals surface area contributed by atoms with E-state index >= 15 is 4.39 Å². The number of nitrogens with one attached hydrogen (secondary N) is 1. The molecular formula is C28H32FN5O. The number of hydrogen-bond donors (Lipinski definition) is 1. The number of carbonyl (C=O) groups excluding carboxylic acids is 1. The lowest BCUT2D eigenvalue weighted by atomic mass is 9.77. The SMILES string of the molecule is C=Nc1ccc(C2(F)CCN(C(=O)c3cc(-c4n[nH]c(CC)n4)c(C4CCC4)cc3C)CC2)cc1. The van der Waals surface area contributed by atoms with Crippen molar-refractivity contribution in [1.82, 2.24) is 20.1 Å². The fourth-order valence-corrected chi connectivity index (χ4v) is 5.17. The number of piperidine rings is 1. The van der Waals surface area contributed by atoms with E-state index in [1.54, 1.807) is 29.2 Å². The van der Waals surface area contributed by atoms with Gasteiger partial charge in [-0.25, -0.2) is 9.37 Å². The summed E-state index contributed by atoms with van der Waals surface area (Å²) in [4.78, 5) is 23.9. The van der Waals surface area contributed by atoms with Crippen LogP contribution in [0.1, 0.15) is 77.8 Å². The van der Waals surface area contributed by atoms with Crippen LogP contribution >= 0.6 is 0 Å². The number of alkyl halides is 1. The minimum atomic E-state index is -1.44. The van der Waals surface area contributed by atoms with Gasteiger partial charge >= 0.3 is 0 Å². The third kappa shape index (κ3) is 4.40. The number of halogens is 1. The normalized spacial score (nSPS) is 17.7. The molecule has 1 aliphatic heterocycles. The summed E-state index contributed by atoms with van der Waals surface area (Å²) >= 11 is 0. The minimum Gasteiger partial charge on any atom is -0.338 e. The molecule has 1 aliphatic carbocycles. The second kappa shape index (κ2) is 9.36. The van der Waals surface area contributed by atoms with E-state index in [-0.39, 0.29) is 18.7 Å². The van der Waals surface area contributed by atoms with Gasteiger partial charge in [0.05, 0.1) is 5.69 Å². The third-order valence-corrected chi connectivity index (χ3v) is 7.69. The van der Waals surface area contributed by atoms with E-state index in [0.29, 0.717) is 36.0 Å². The number of aliphatic imine (C=N–C) groups is 1. The van der Waals surface area contributed by atoms with E-state index in [0.717, 1.165) is 41.9 Å². The van der Waals surface area contributed by atoms with Crippen molar-refractivity contribution in [2.75, 3.05) is 13.1 Å². The van der Waals surface area contributed by atoms with Gasteiger partial charge in [0.25, 0.3) is 5.91 Å². The maximum atomic E-state index is 15.8. The van der Waals surface area contributed by atoms with E-state index in [4.69, 9.17) is 0 Å². The predicted octanol–water partition coefficient (Wildman–Crippen LogP) is 6.04. The largest absolute Gasteiger partial charge is 0.338 e. The lowest BCUT2D eigenvalue weighted by Crippen LogP contribution is -2.43. The number of rotatable bonds is 6. The zero-order valence-electron chi connectivity index (χ0n) is 20.5. The second-order valence-corrected chi connectivity index (χ2v) is 9.80. The van der Waals surface area contributed by atoms with Gasteiger partial charge in [-0.3, -0.25) is 14.9 Å². The van der Waals surface area contributed by atoms with Gasteiger partial charge in [-0.2, -0.15) is 5.10 Å². The van der Waals surface area contributed by atoms with Crippen molar-refractivity contribution in [3.8, 4) is 11.4 Å². The summed E-state index contributed by atoms with van der Waals surface area (Å²) in [7, 11) is 0. The molecular weight excluding hydrogens is 441 g/mol. The first-order valence-electron chi connectivity index (χ1n) is 12.5. The minimum absolute atomic E-state index is 0.0524. The molecule has 0 bridgehead atoms. The molecule has 182 valence electrons. The monoisotopic (exact) mass is 473 g/mol. The molecule has 35 heavy (non-hydrogen) atoms. The van der Waals surface area contributed by atoms with Gasteiger partial charge in [0.2, 0.25) is 0 Å². The van der Waals surface area contributed by atoms with Crippen LogP contribution in [0.15, 0.2) is 41.4 Å². The average Bonchev–Trinajstić information content (AvgIpc) is 3.32. The summed E-state index contributed by atoms with van der Waals surface area (Å²) < 4.78 is 15.8. The molecule has 2 aromatic carbocycles. The standard InChI is InChI=1S/C28H32FN5O/c1-4-25-31-26(33-32-25)24-17-22(18(2)16-23(24)19-6-5-7-19)27(35)34-14-12-28(29,13-15-34)20-8-10-21(30-3)11-9-20/h8-11,16-17,19H,3-7,12-15H2,1-2H3,(H,31,32,33). The number of benzene rings is 2. The molecule has 0 unspecified atom stereocenters. The van der Waals surface area contributed by atoms with Crippen LogP contribution in [0, 0.1) is 6.92 Å². The molecule has 6 nitrogen and oxygen atoms in total. The van der Waals surface area contributed by atoms with Crippen molar-refractivity contribution < 1.29 is 9.18 Å². The number of likely N-dealkylation sites (tertiary alicyclic amines) is 1. The van der Waals surface area contributed by atoms with Gasteiger partial charge in [-0.05, 0) is 67.3 Å². The van der Waals surface area contributed by atoms with Crippen LogP contribution < -0.4 is 0 Å². The highest BCUT2D eigenvalue weighted by molar-refractivity contribution is 5.97. The van der Waals surface area contributed by atoms with Gasteiger partial charge in [0.15, 0.2) is 5.82 Å². The third-order valence-electron chi connectivity index (χ3n) is 7.69. The number of hydrogen-bond acceptors (Lipinski definition) is 4. The molecule has 1 saturated heterocycles. The number of aromatic amines is 1. The second-order valence-electron chi connectivity index (χ2n) is 9.80. The molecule has 2 aliphatic rings.